The number of amides is 1. The van der Waals surface area contributed by atoms with Gasteiger partial charge < -0.3 is 20.2 Å². The number of rotatable bonds is 3. The molecule has 2 heterocycles. The summed E-state index contributed by atoms with van der Waals surface area (Å²) in [5, 5.41) is 16.8. The molecule has 5 nitrogen and oxygen atoms in total. The van der Waals surface area contributed by atoms with E-state index in [4.69, 9.17) is 4.42 Å². The van der Waals surface area contributed by atoms with Gasteiger partial charge in [0, 0.05) is 36.5 Å². The zero-order valence-corrected chi connectivity index (χ0v) is 14.4. The molecule has 1 saturated heterocycles. The molecular formula is C17H23ClN2O3. The lowest BCUT2D eigenvalue weighted by atomic mass is 10.0. The lowest BCUT2D eigenvalue weighted by Gasteiger charge is -2.13. The summed E-state index contributed by atoms with van der Waals surface area (Å²) in [6.07, 6.45) is -0.401. The van der Waals surface area contributed by atoms with Crippen LogP contribution in [0, 0.1) is 26.7 Å². The van der Waals surface area contributed by atoms with Gasteiger partial charge in [0.2, 0.25) is 0 Å². The SMILES string of the molecule is Cc1ccc(C)c2c(C)c(C(=O)NCC3CNCC3O)oc12.Cl. The third-order valence-electron chi connectivity index (χ3n) is 4.52. The number of carbonyl (C=O) groups is 1. The molecular weight excluding hydrogens is 316 g/mol. The molecule has 0 spiro atoms. The van der Waals surface area contributed by atoms with Crippen molar-refractivity contribution in [2.45, 2.75) is 26.9 Å². The fourth-order valence-electron chi connectivity index (χ4n) is 3.12. The Balaban J connectivity index is 0.00000192. The molecule has 1 amide bonds. The van der Waals surface area contributed by atoms with E-state index in [0.717, 1.165) is 34.2 Å². The van der Waals surface area contributed by atoms with Crippen LogP contribution in [0.15, 0.2) is 16.5 Å². The Kier molecular flexibility index (Phi) is 5.34. The maximum atomic E-state index is 12.4. The summed E-state index contributed by atoms with van der Waals surface area (Å²) in [7, 11) is 0. The topological polar surface area (TPSA) is 74.5 Å². The Bertz CT molecular complexity index is 726. The number of aliphatic hydroxyl groups excluding tert-OH is 1. The number of furan rings is 1. The standard InChI is InChI=1S/C17H22N2O3.ClH/c1-9-4-5-10(2)15-14(9)11(3)16(22-15)17(21)19-7-12-6-18-8-13(12)20;/h4-5,12-13,18,20H,6-8H2,1-3H3,(H,19,21);1H. The van der Waals surface area contributed by atoms with Crippen LogP contribution in [-0.4, -0.2) is 36.8 Å². The molecule has 2 atom stereocenters. The van der Waals surface area contributed by atoms with Crippen LogP contribution in [0.4, 0.5) is 0 Å². The molecule has 6 heteroatoms. The van der Waals surface area contributed by atoms with Crippen molar-refractivity contribution in [3.8, 4) is 0 Å². The third kappa shape index (κ3) is 3.22. The zero-order chi connectivity index (χ0) is 15.9. The van der Waals surface area contributed by atoms with Crippen LogP contribution in [0.1, 0.15) is 27.2 Å². The van der Waals surface area contributed by atoms with Crippen LogP contribution in [0.2, 0.25) is 0 Å². The molecule has 23 heavy (non-hydrogen) atoms. The molecule has 1 aromatic heterocycles. The number of hydrogen-bond donors (Lipinski definition) is 3. The van der Waals surface area contributed by atoms with E-state index in [-0.39, 0.29) is 24.2 Å². The average Bonchev–Trinajstić information content (AvgIpc) is 3.05. The fourth-order valence-corrected chi connectivity index (χ4v) is 3.12. The second kappa shape index (κ2) is 6.91. The normalized spacial score (nSPS) is 20.5. The van der Waals surface area contributed by atoms with Crippen LogP contribution in [0.25, 0.3) is 11.0 Å². The van der Waals surface area contributed by atoms with Crippen molar-refractivity contribution < 1.29 is 14.3 Å². The monoisotopic (exact) mass is 338 g/mol. The van der Waals surface area contributed by atoms with Gasteiger partial charge >= 0.3 is 0 Å². The Morgan fingerprint density at radius 3 is 2.61 bits per heavy atom. The molecule has 1 aliphatic heterocycles. The first kappa shape index (κ1) is 17.8. The van der Waals surface area contributed by atoms with Gasteiger partial charge in [-0.1, -0.05) is 12.1 Å². The van der Waals surface area contributed by atoms with Crippen molar-refractivity contribution in [3.63, 3.8) is 0 Å². The van der Waals surface area contributed by atoms with Crippen molar-refractivity contribution >= 4 is 29.3 Å². The highest BCUT2D eigenvalue weighted by Crippen LogP contribution is 2.30. The smallest absolute Gasteiger partial charge is 0.287 e. The molecule has 3 rings (SSSR count). The Morgan fingerprint density at radius 2 is 2.00 bits per heavy atom. The first-order valence-corrected chi connectivity index (χ1v) is 7.65. The number of hydrogen-bond acceptors (Lipinski definition) is 4. The van der Waals surface area contributed by atoms with E-state index >= 15 is 0 Å². The molecule has 3 N–H and O–H groups in total. The van der Waals surface area contributed by atoms with E-state index in [2.05, 4.69) is 10.6 Å². The van der Waals surface area contributed by atoms with E-state index in [1.54, 1.807) is 0 Å². The van der Waals surface area contributed by atoms with Crippen molar-refractivity contribution in [1.29, 1.82) is 0 Å². The van der Waals surface area contributed by atoms with Crippen LogP contribution < -0.4 is 10.6 Å². The third-order valence-corrected chi connectivity index (χ3v) is 4.52. The molecule has 2 unspecified atom stereocenters. The number of aryl methyl sites for hydroxylation is 3. The number of β-amino-alcohol motifs (C(OH)–C–C–N with tert-alkyl or cyclic N) is 1. The van der Waals surface area contributed by atoms with Gasteiger partial charge in [-0.2, -0.15) is 0 Å². The van der Waals surface area contributed by atoms with Crippen LogP contribution >= 0.6 is 12.4 Å². The van der Waals surface area contributed by atoms with Gasteiger partial charge in [-0.05, 0) is 31.9 Å². The Hall–Kier alpha value is -1.56. The maximum absolute atomic E-state index is 12.4. The second-order valence-electron chi connectivity index (χ2n) is 6.16. The lowest BCUT2D eigenvalue weighted by molar-refractivity contribution is 0.0901. The van der Waals surface area contributed by atoms with Crippen LogP contribution in [0.3, 0.4) is 0 Å². The van der Waals surface area contributed by atoms with Crippen LogP contribution in [0.5, 0.6) is 0 Å². The Labute approximate surface area is 141 Å². The van der Waals surface area contributed by atoms with Crippen LogP contribution in [-0.2, 0) is 0 Å². The molecule has 1 fully saturated rings. The highest BCUT2D eigenvalue weighted by Gasteiger charge is 2.26. The van der Waals surface area contributed by atoms with Crippen molar-refractivity contribution in [2.24, 2.45) is 5.92 Å². The number of benzene rings is 1. The summed E-state index contributed by atoms with van der Waals surface area (Å²) in [4.78, 5) is 12.4. The largest absolute Gasteiger partial charge is 0.450 e. The quantitative estimate of drug-likeness (QED) is 0.801. The van der Waals surface area contributed by atoms with E-state index < -0.39 is 6.10 Å². The fraction of sp³-hybridized carbons (Fsp3) is 0.471. The van der Waals surface area contributed by atoms with E-state index in [0.29, 0.717) is 18.8 Å². The lowest BCUT2D eigenvalue weighted by Crippen LogP contribution is -2.34. The summed E-state index contributed by atoms with van der Waals surface area (Å²) in [6, 6.07) is 4.05. The molecule has 0 bridgehead atoms. The maximum Gasteiger partial charge on any atom is 0.287 e. The van der Waals surface area contributed by atoms with Gasteiger partial charge in [0.15, 0.2) is 5.76 Å². The summed E-state index contributed by atoms with van der Waals surface area (Å²) in [5.41, 5.74) is 3.79. The molecule has 1 aliphatic rings. The zero-order valence-electron chi connectivity index (χ0n) is 13.6. The van der Waals surface area contributed by atoms with Gasteiger partial charge in [-0.15, -0.1) is 12.4 Å². The minimum atomic E-state index is -0.401. The van der Waals surface area contributed by atoms with E-state index in [9.17, 15) is 9.90 Å². The minimum absolute atomic E-state index is 0. The van der Waals surface area contributed by atoms with Gasteiger partial charge in [-0.25, -0.2) is 0 Å². The van der Waals surface area contributed by atoms with E-state index in [1.165, 1.54) is 0 Å². The van der Waals surface area contributed by atoms with Gasteiger partial charge in [-0.3, -0.25) is 4.79 Å². The number of nitrogens with one attached hydrogen (secondary N) is 2. The van der Waals surface area contributed by atoms with Crippen molar-refractivity contribution in [1.82, 2.24) is 10.6 Å². The predicted molar refractivity (Wildman–Crippen MR) is 92.4 cm³/mol. The van der Waals surface area contributed by atoms with E-state index in [1.807, 2.05) is 32.9 Å². The average molecular weight is 339 g/mol. The first-order valence-electron chi connectivity index (χ1n) is 7.65. The number of halogens is 1. The predicted octanol–water partition coefficient (Wildman–Crippen LogP) is 2.09. The summed E-state index contributed by atoms with van der Waals surface area (Å²) >= 11 is 0. The molecule has 126 valence electrons. The van der Waals surface area contributed by atoms with Crippen molar-refractivity contribution in [2.75, 3.05) is 19.6 Å². The number of aliphatic hydroxyl groups is 1. The molecule has 0 radical (unpaired) electrons. The minimum Gasteiger partial charge on any atom is -0.450 e. The number of carbonyl (C=O) groups excluding carboxylic acids is 1. The molecule has 0 saturated carbocycles. The van der Waals surface area contributed by atoms with Gasteiger partial charge in [0.25, 0.3) is 5.91 Å². The first-order chi connectivity index (χ1) is 10.5. The second-order valence-corrected chi connectivity index (χ2v) is 6.16. The summed E-state index contributed by atoms with van der Waals surface area (Å²) < 4.78 is 5.82. The Morgan fingerprint density at radius 1 is 1.30 bits per heavy atom. The molecule has 2 aromatic rings. The highest BCUT2D eigenvalue weighted by molar-refractivity contribution is 6.00. The number of fused-ring (bicyclic) bond motifs is 1. The van der Waals surface area contributed by atoms with Crippen molar-refractivity contribution in [3.05, 3.63) is 34.6 Å². The summed E-state index contributed by atoms with van der Waals surface area (Å²) in [5.74, 6) is 0.205. The highest BCUT2D eigenvalue weighted by atomic mass is 35.5. The van der Waals surface area contributed by atoms with Gasteiger partial charge in [0.05, 0.1) is 6.10 Å². The molecule has 0 aliphatic carbocycles. The summed E-state index contributed by atoms with van der Waals surface area (Å²) in [6.45, 7) is 7.67. The van der Waals surface area contributed by atoms with Gasteiger partial charge in [0.1, 0.15) is 5.58 Å². The molecule has 1 aromatic carbocycles.